The molecule has 1 aromatic carbocycles. The third-order valence-electron chi connectivity index (χ3n) is 5.36. The number of rotatable bonds is 6. The molecular formula is C21H30N4O2S. The molecule has 0 aliphatic carbocycles. The number of benzene rings is 1. The van der Waals surface area contributed by atoms with Crippen LogP contribution in [0.1, 0.15) is 16.1 Å². The normalized spacial score (nSPS) is 18.1. The van der Waals surface area contributed by atoms with Gasteiger partial charge in [-0.25, -0.2) is 4.98 Å². The molecule has 0 bridgehead atoms. The Balaban J connectivity index is 1.42. The number of morpholine rings is 2. The van der Waals surface area contributed by atoms with Crippen molar-refractivity contribution in [1.29, 1.82) is 0 Å². The van der Waals surface area contributed by atoms with Crippen LogP contribution < -0.4 is 9.80 Å². The second-order valence-corrected chi connectivity index (χ2v) is 8.57. The Morgan fingerprint density at radius 2 is 1.61 bits per heavy atom. The summed E-state index contributed by atoms with van der Waals surface area (Å²) in [6, 6.07) is 8.76. The van der Waals surface area contributed by atoms with Gasteiger partial charge in [-0.3, -0.25) is 4.90 Å². The van der Waals surface area contributed by atoms with Crippen LogP contribution >= 0.6 is 11.3 Å². The molecule has 2 aromatic rings. The number of hydrogen-bond donors (Lipinski definition) is 0. The first-order chi connectivity index (χ1) is 13.7. The van der Waals surface area contributed by atoms with Gasteiger partial charge in [0.05, 0.1) is 32.1 Å². The Labute approximate surface area is 171 Å². The topological polar surface area (TPSA) is 41.1 Å². The van der Waals surface area contributed by atoms with Gasteiger partial charge in [-0.05, 0) is 25.6 Å². The molecule has 152 valence electrons. The number of ether oxygens (including phenoxy) is 2. The van der Waals surface area contributed by atoms with Crippen LogP contribution in [0.3, 0.4) is 0 Å². The summed E-state index contributed by atoms with van der Waals surface area (Å²) >= 11 is 1.83. The molecule has 0 radical (unpaired) electrons. The predicted molar refractivity (Wildman–Crippen MR) is 115 cm³/mol. The van der Waals surface area contributed by atoms with Gasteiger partial charge in [0.25, 0.3) is 0 Å². The molecule has 3 heterocycles. The molecule has 0 atom stereocenters. The highest BCUT2D eigenvalue weighted by Crippen LogP contribution is 2.29. The van der Waals surface area contributed by atoms with Crippen molar-refractivity contribution in [2.24, 2.45) is 0 Å². The zero-order valence-corrected chi connectivity index (χ0v) is 17.7. The van der Waals surface area contributed by atoms with Gasteiger partial charge in [0.2, 0.25) is 0 Å². The Morgan fingerprint density at radius 1 is 0.964 bits per heavy atom. The van der Waals surface area contributed by atoms with Crippen molar-refractivity contribution in [2.75, 3.05) is 69.5 Å². The fourth-order valence-electron chi connectivity index (χ4n) is 3.80. The lowest BCUT2D eigenvalue weighted by Crippen LogP contribution is -2.37. The monoisotopic (exact) mass is 402 g/mol. The van der Waals surface area contributed by atoms with Crippen molar-refractivity contribution in [1.82, 2.24) is 9.88 Å². The molecule has 2 fully saturated rings. The van der Waals surface area contributed by atoms with Crippen LogP contribution in [0.15, 0.2) is 24.3 Å². The van der Waals surface area contributed by atoms with Gasteiger partial charge in [0.15, 0.2) is 5.13 Å². The van der Waals surface area contributed by atoms with Crippen molar-refractivity contribution in [3.05, 3.63) is 40.4 Å². The fraction of sp³-hybridized carbons (Fsp3) is 0.571. The van der Waals surface area contributed by atoms with Crippen LogP contribution in [0, 0.1) is 6.92 Å². The van der Waals surface area contributed by atoms with Gasteiger partial charge >= 0.3 is 0 Å². The summed E-state index contributed by atoms with van der Waals surface area (Å²) in [6.07, 6.45) is 0. The third-order valence-corrected chi connectivity index (χ3v) is 6.56. The van der Waals surface area contributed by atoms with Crippen molar-refractivity contribution < 1.29 is 9.47 Å². The summed E-state index contributed by atoms with van der Waals surface area (Å²) in [6.45, 7) is 11.0. The van der Waals surface area contributed by atoms with Gasteiger partial charge < -0.3 is 19.3 Å². The van der Waals surface area contributed by atoms with Gasteiger partial charge in [0.1, 0.15) is 0 Å². The van der Waals surface area contributed by atoms with Crippen LogP contribution in [0.5, 0.6) is 0 Å². The van der Waals surface area contributed by atoms with Crippen LogP contribution in [0.25, 0.3) is 0 Å². The molecule has 0 unspecified atom stereocenters. The van der Waals surface area contributed by atoms with Crippen LogP contribution in [0.2, 0.25) is 0 Å². The summed E-state index contributed by atoms with van der Waals surface area (Å²) in [4.78, 5) is 13.4. The van der Waals surface area contributed by atoms with Gasteiger partial charge in [-0.1, -0.05) is 18.2 Å². The van der Waals surface area contributed by atoms with E-state index in [1.165, 1.54) is 16.1 Å². The molecule has 2 saturated heterocycles. The molecular weight excluding hydrogens is 372 g/mol. The lowest BCUT2D eigenvalue weighted by Gasteiger charge is -2.31. The van der Waals surface area contributed by atoms with Crippen molar-refractivity contribution in [3.63, 3.8) is 0 Å². The average molecular weight is 403 g/mol. The largest absolute Gasteiger partial charge is 0.378 e. The number of thiazole rings is 1. The van der Waals surface area contributed by atoms with E-state index < -0.39 is 0 Å². The summed E-state index contributed by atoms with van der Waals surface area (Å²) in [5, 5.41) is 1.14. The smallest absolute Gasteiger partial charge is 0.185 e. The second kappa shape index (κ2) is 9.22. The predicted octanol–water partition coefficient (Wildman–Crippen LogP) is 2.76. The maximum Gasteiger partial charge on any atom is 0.185 e. The van der Waals surface area contributed by atoms with Crippen molar-refractivity contribution in [3.8, 4) is 0 Å². The van der Waals surface area contributed by atoms with Gasteiger partial charge in [-0.2, -0.15) is 0 Å². The summed E-state index contributed by atoms with van der Waals surface area (Å²) < 4.78 is 11.0. The van der Waals surface area contributed by atoms with E-state index in [-0.39, 0.29) is 0 Å². The molecule has 2 aliphatic heterocycles. The number of hydrogen-bond acceptors (Lipinski definition) is 7. The van der Waals surface area contributed by atoms with E-state index in [9.17, 15) is 0 Å². The quantitative estimate of drug-likeness (QED) is 0.740. The first-order valence-corrected chi connectivity index (χ1v) is 10.9. The molecule has 0 spiro atoms. The van der Waals surface area contributed by atoms with E-state index in [0.717, 1.165) is 76.5 Å². The maximum atomic E-state index is 5.52. The van der Waals surface area contributed by atoms with E-state index in [4.69, 9.17) is 14.5 Å². The molecule has 0 N–H and O–H groups in total. The lowest BCUT2D eigenvalue weighted by atomic mass is 10.1. The van der Waals surface area contributed by atoms with E-state index in [1.807, 2.05) is 11.3 Å². The number of para-hydroxylation sites is 1. The maximum absolute atomic E-state index is 5.52. The molecule has 2 aliphatic rings. The highest BCUT2D eigenvalue weighted by atomic mass is 32.1. The molecule has 7 heteroatoms. The molecule has 28 heavy (non-hydrogen) atoms. The molecule has 1 aromatic heterocycles. The molecule has 4 rings (SSSR count). The Morgan fingerprint density at radius 3 is 2.32 bits per heavy atom. The Kier molecular flexibility index (Phi) is 6.47. The first kappa shape index (κ1) is 19.6. The molecule has 0 amide bonds. The lowest BCUT2D eigenvalue weighted by molar-refractivity contribution is 0.122. The first-order valence-electron chi connectivity index (χ1n) is 10.1. The van der Waals surface area contributed by atoms with Crippen LogP contribution in [-0.2, 0) is 22.6 Å². The minimum Gasteiger partial charge on any atom is -0.378 e. The molecule has 0 saturated carbocycles. The van der Waals surface area contributed by atoms with Crippen LogP contribution in [-0.4, -0.2) is 69.5 Å². The number of aryl methyl sites for hydroxylation is 1. The van der Waals surface area contributed by atoms with Gasteiger partial charge in [0, 0.05) is 49.8 Å². The number of anilines is 2. The zero-order chi connectivity index (χ0) is 19.3. The second-order valence-electron chi connectivity index (χ2n) is 7.50. The summed E-state index contributed by atoms with van der Waals surface area (Å²) in [7, 11) is 2.20. The van der Waals surface area contributed by atoms with Crippen molar-refractivity contribution >= 4 is 22.2 Å². The highest BCUT2D eigenvalue weighted by Gasteiger charge is 2.19. The number of aromatic nitrogens is 1. The zero-order valence-electron chi connectivity index (χ0n) is 16.9. The Hall–Kier alpha value is -1.67. The molecule has 6 nitrogen and oxygen atoms in total. The van der Waals surface area contributed by atoms with E-state index in [2.05, 4.69) is 52.9 Å². The minimum absolute atomic E-state index is 0.798. The van der Waals surface area contributed by atoms with Crippen molar-refractivity contribution in [2.45, 2.75) is 20.0 Å². The van der Waals surface area contributed by atoms with E-state index in [1.54, 1.807) is 0 Å². The third kappa shape index (κ3) is 4.66. The highest BCUT2D eigenvalue weighted by molar-refractivity contribution is 7.15. The Bertz CT molecular complexity index is 770. The van der Waals surface area contributed by atoms with E-state index >= 15 is 0 Å². The summed E-state index contributed by atoms with van der Waals surface area (Å²) in [5.74, 6) is 0. The standard InChI is InChI=1S/C21H30N4O2S/c1-17-20(28-21(22-17)25-9-13-27-14-10-25)16-23(2)15-18-5-3-4-6-19(18)24-7-11-26-12-8-24/h3-6H,7-16H2,1-2H3. The minimum atomic E-state index is 0.798. The van der Waals surface area contributed by atoms with E-state index in [0.29, 0.717) is 0 Å². The number of nitrogens with zero attached hydrogens (tertiary/aromatic N) is 4. The average Bonchev–Trinajstić information content (AvgIpc) is 3.10. The summed E-state index contributed by atoms with van der Waals surface area (Å²) in [5.41, 5.74) is 3.87. The SMILES string of the molecule is Cc1nc(N2CCOCC2)sc1CN(C)Cc1ccccc1N1CCOCC1. The fourth-order valence-corrected chi connectivity index (χ4v) is 4.99. The van der Waals surface area contributed by atoms with Gasteiger partial charge in [-0.15, -0.1) is 11.3 Å². The van der Waals surface area contributed by atoms with Crippen LogP contribution in [0.4, 0.5) is 10.8 Å².